The molecule has 21 nitrogen and oxygen atoms in total. The normalized spacial score (nSPS) is 11.7. The average molecular weight is 1230 g/mol. The molecule has 3 aromatic heterocycles. The summed E-state index contributed by atoms with van der Waals surface area (Å²) in [5.74, 6) is -2.26. The second-order valence-electron chi connectivity index (χ2n) is 18.3. The van der Waals surface area contributed by atoms with E-state index in [4.69, 9.17) is 50.9 Å². The molecule has 12 N–H and O–H groups in total. The zero-order valence-corrected chi connectivity index (χ0v) is 50.2. The lowest BCUT2D eigenvalue weighted by Crippen LogP contribution is -3.00. The molecule has 7 amide bonds. The molecule has 0 fully saturated rings. The molecule has 5 rings (SSSR count). The van der Waals surface area contributed by atoms with Gasteiger partial charge in [-0.25, -0.2) is 9.59 Å². The van der Waals surface area contributed by atoms with Crippen LogP contribution in [0.5, 0.6) is 0 Å². The summed E-state index contributed by atoms with van der Waals surface area (Å²) < 4.78 is 11.4. The summed E-state index contributed by atoms with van der Waals surface area (Å²) in [4.78, 5) is 97.7. The van der Waals surface area contributed by atoms with E-state index >= 15 is 0 Å². The van der Waals surface area contributed by atoms with Crippen molar-refractivity contribution in [3.63, 3.8) is 0 Å². The number of benzene rings is 2. The maximum atomic E-state index is 12.3. The Bertz CT molecular complexity index is 2600. The van der Waals surface area contributed by atoms with Gasteiger partial charge in [0.25, 0.3) is 23.8 Å². The number of nitrogens with one attached hydrogen (secondary N) is 4. The molecule has 0 bridgehead atoms. The SMILES string of the molecule is CC(C)[C@H](N)C(N)=O.CC(C)[C@H](NC(=O)c1cc[n+](COC(=O)N[C@@H](C)Cc2ccccc2)cc1)C(N)=O.CC(C)[C@H](NC(=O)c1ccncc1)C(N)=O.C[C@@H](Cc1ccccc1)NC(=O)OCCl.Cl.Cl.O=C(Cl)c1ccncc1.[Cl-]. The van der Waals surface area contributed by atoms with Gasteiger partial charge in [0, 0.05) is 60.1 Å². The largest absolute Gasteiger partial charge is 1.00 e. The maximum absolute atomic E-state index is 12.3. The molecular formula is C55H76Cl5N11O10. The van der Waals surface area contributed by atoms with Crippen molar-refractivity contribution in [2.45, 2.75) is 105 Å². The number of ether oxygens (including phenoxy) is 2. The Hall–Kier alpha value is -7.14. The van der Waals surface area contributed by atoms with Gasteiger partial charge in [-0.3, -0.25) is 38.7 Å². The Balaban J connectivity index is -0.00000102. The first-order valence-electron chi connectivity index (χ1n) is 24.6. The van der Waals surface area contributed by atoms with Crippen LogP contribution in [-0.4, -0.2) is 93.2 Å². The van der Waals surface area contributed by atoms with E-state index in [9.17, 15) is 38.4 Å². The number of hydrogen-bond donors (Lipinski definition) is 8. The van der Waals surface area contributed by atoms with Gasteiger partial charge >= 0.3 is 12.2 Å². The van der Waals surface area contributed by atoms with E-state index in [0.29, 0.717) is 23.1 Å². The van der Waals surface area contributed by atoms with E-state index in [2.05, 4.69) is 36.0 Å². The first kappa shape index (κ1) is 78.1. The van der Waals surface area contributed by atoms with Crippen LogP contribution >= 0.6 is 48.0 Å². The summed E-state index contributed by atoms with van der Waals surface area (Å²) in [5, 5.41) is 10.2. The Morgan fingerprint density at radius 2 is 0.877 bits per heavy atom. The van der Waals surface area contributed by atoms with Gasteiger partial charge in [0.15, 0.2) is 18.5 Å². The van der Waals surface area contributed by atoms with E-state index in [1.807, 2.05) is 102 Å². The highest BCUT2D eigenvalue weighted by molar-refractivity contribution is 6.67. The van der Waals surface area contributed by atoms with Crippen molar-refractivity contribution in [3.8, 4) is 0 Å². The number of pyridine rings is 3. The zero-order chi connectivity index (χ0) is 58.7. The Kier molecular flexibility index (Phi) is 42.1. The lowest BCUT2D eigenvalue weighted by atomic mass is 10.0. The van der Waals surface area contributed by atoms with Gasteiger partial charge in [-0.1, -0.05) is 114 Å². The summed E-state index contributed by atoms with van der Waals surface area (Å²) >= 11 is 10.4. The third kappa shape index (κ3) is 34.6. The molecule has 446 valence electrons. The molecule has 81 heavy (non-hydrogen) atoms. The van der Waals surface area contributed by atoms with Crippen LogP contribution in [0.1, 0.15) is 97.6 Å². The quantitative estimate of drug-likeness (QED) is 0.0316. The fourth-order valence-electron chi connectivity index (χ4n) is 6.30. The van der Waals surface area contributed by atoms with Gasteiger partial charge in [0.05, 0.1) is 11.6 Å². The van der Waals surface area contributed by atoms with Crippen molar-refractivity contribution in [1.82, 2.24) is 31.2 Å². The number of rotatable bonds is 20. The number of alkyl halides is 1. The molecule has 26 heteroatoms. The predicted molar refractivity (Wildman–Crippen MR) is 312 cm³/mol. The van der Waals surface area contributed by atoms with Crippen molar-refractivity contribution in [2.24, 2.45) is 40.7 Å². The number of carbonyl (C=O) groups is 8. The number of nitrogens with two attached hydrogens (primary N) is 4. The molecule has 3 heterocycles. The number of carbonyl (C=O) groups excluding carboxylic acids is 8. The standard InChI is InChI=1S/C22H28N4O4.C11H14ClNO2.C11H15N3O2.C6H4ClNO.C5H12N2O.3ClH/c1-15(2)19(20(23)27)25-21(28)18-9-11-26(12-10-18)14-30-22(29)24-16(3)13-17-7-5-4-6-8-17;1-9(13-11(14)15-8-12)7-10-5-3-2-4-6-10;1-7(2)9(10(12)15)14-11(16)8-3-5-13-6-4-8;7-6(9)5-1-3-8-4-2-5;1-3(2)4(6)5(7)8;;;/h4-12,15-16,19H,13-14H2,1-3H3,(H3-,23,24,25,27,28,29);2-6,9H,7-8H2,1H3,(H,13,14);3-7,9H,1-2H3,(H2,12,15)(H,14,16);1-4H;3-4H,6H2,1-2H3,(H2,7,8);3*1H/t16-,19-;2*9-;;4-;;;/m000.0.../s1. The predicted octanol–water partition coefficient (Wildman–Crippen LogP) is 3.15. The van der Waals surface area contributed by atoms with E-state index in [0.717, 1.165) is 12.0 Å². The van der Waals surface area contributed by atoms with Crippen LogP contribution in [0.25, 0.3) is 0 Å². The molecule has 0 unspecified atom stereocenters. The van der Waals surface area contributed by atoms with Crippen LogP contribution in [0.15, 0.2) is 134 Å². The van der Waals surface area contributed by atoms with Crippen molar-refractivity contribution in [2.75, 3.05) is 6.07 Å². The summed E-state index contributed by atoms with van der Waals surface area (Å²) in [5.41, 5.74) is 24.3. The fraction of sp³-hybridized carbons (Fsp3) is 0.364. The van der Waals surface area contributed by atoms with Gasteiger partial charge < -0.3 is 66.1 Å². The van der Waals surface area contributed by atoms with Crippen molar-refractivity contribution < 1.29 is 64.8 Å². The van der Waals surface area contributed by atoms with Crippen LogP contribution in [0, 0.1) is 17.8 Å². The lowest BCUT2D eigenvalue weighted by molar-refractivity contribution is -0.727. The summed E-state index contributed by atoms with van der Waals surface area (Å²) in [6.07, 6.45) is 9.79. The molecule has 0 saturated heterocycles. The molecular weight excluding hydrogens is 1150 g/mol. The van der Waals surface area contributed by atoms with Crippen LogP contribution in [0.3, 0.4) is 0 Å². The van der Waals surface area contributed by atoms with Crippen LogP contribution in [0.4, 0.5) is 9.59 Å². The molecule has 0 saturated carbocycles. The van der Waals surface area contributed by atoms with Gasteiger partial charge in [0.1, 0.15) is 12.1 Å². The molecule has 5 aromatic rings. The number of hydrogen-bond acceptors (Lipinski definition) is 13. The minimum absolute atomic E-state index is 0. The molecule has 2 aromatic carbocycles. The highest BCUT2D eigenvalue weighted by Crippen LogP contribution is 2.07. The van der Waals surface area contributed by atoms with Gasteiger partial charge in [0.2, 0.25) is 17.7 Å². The fourth-order valence-corrected chi connectivity index (χ4v) is 6.52. The van der Waals surface area contributed by atoms with E-state index in [1.165, 1.54) is 30.4 Å². The van der Waals surface area contributed by atoms with Crippen LogP contribution in [0.2, 0.25) is 0 Å². The number of amides is 7. The number of alkyl carbamates (subject to hydrolysis) is 2. The smallest absolute Gasteiger partial charge is 0.412 e. The van der Waals surface area contributed by atoms with Crippen LogP contribution < -0.4 is 61.2 Å². The Morgan fingerprint density at radius 1 is 0.519 bits per heavy atom. The second kappa shape index (κ2) is 43.6. The molecule has 0 spiro atoms. The minimum atomic E-state index is -0.741. The minimum Gasteiger partial charge on any atom is -1.00 e. The topological polar surface area (TPSA) is 337 Å². The van der Waals surface area contributed by atoms with Crippen molar-refractivity contribution >= 4 is 95.0 Å². The average Bonchev–Trinajstić information content (AvgIpc) is 3.40. The highest BCUT2D eigenvalue weighted by Gasteiger charge is 2.24. The van der Waals surface area contributed by atoms with E-state index in [-0.39, 0.29) is 85.8 Å². The number of halogens is 5. The summed E-state index contributed by atoms with van der Waals surface area (Å²) in [7, 11) is 0. The van der Waals surface area contributed by atoms with Crippen molar-refractivity contribution in [1.29, 1.82) is 0 Å². The first-order chi connectivity index (χ1) is 36.9. The zero-order valence-electron chi connectivity index (χ0n) is 46.3. The van der Waals surface area contributed by atoms with Gasteiger partial charge in [-0.05, 0) is 91.4 Å². The second-order valence-corrected chi connectivity index (χ2v) is 18.8. The molecule has 0 aliphatic heterocycles. The molecule has 0 radical (unpaired) electrons. The summed E-state index contributed by atoms with van der Waals surface area (Å²) in [6.45, 7) is 14.8. The van der Waals surface area contributed by atoms with Gasteiger partial charge in [-0.15, -0.1) is 24.8 Å². The summed E-state index contributed by atoms with van der Waals surface area (Å²) in [6, 6.07) is 27.2. The first-order valence-corrected chi connectivity index (χ1v) is 25.5. The number of primary amides is 3. The Morgan fingerprint density at radius 3 is 1.17 bits per heavy atom. The molecule has 5 atom stereocenters. The Labute approximate surface area is 502 Å². The van der Waals surface area contributed by atoms with Gasteiger partial charge in [-0.2, -0.15) is 4.57 Å². The number of aromatic nitrogens is 3. The molecule has 0 aliphatic rings. The van der Waals surface area contributed by atoms with Crippen LogP contribution in [-0.2, 0) is 43.4 Å². The van der Waals surface area contributed by atoms with E-state index in [1.54, 1.807) is 67.2 Å². The molecule has 0 aliphatic carbocycles. The van der Waals surface area contributed by atoms with Crippen molar-refractivity contribution in [3.05, 3.63) is 162 Å². The third-order valence-electron chi connectivity index (χ3n) is 10.6. The van der Waals surface area contributed by atoms with E-state index < -0.39 is 59.2 Å². The monoisotopic (exact) mass is 1230 g/mol. The maximum Gasteiger partial charge on any atom is 0.412 e. The highest BCUT2D eigenvalue weighted by atomic mass is 35.5. The third-order valence-corrected chi connectivity index (χ3v) is 10.9. The lowest BCUT2D eigenvalue weighted by Gasteiger charge is -2.18. The number of nitrogens with zero attached hydrogens (tertiary/aromatic N) is 3.